The van der Waals surface area contributed by atoms with Gasteiger partial charge >= 0.3 is 0 Å². The molecule has 5 heteroatoms. The minimum atomic E-state index is -3.25. The highest BCUT2D eigenvalue weighted by Gasteiger charge is 2.22. The molecule has 0 unspecified atom stereocenters. The van der Waals surface area contributed by atoms with Gasteiger partial charge in [0.15, 0.2) is 0 Å². The van der Waals surface area contributed by atoms with Gasteiger partial charge in [-0.2, -0.15) is 0 Å². The molecule has 0 heterocycles. The summed E-state index contributed by atoms with van der Waals surface area (Å²) in [5, 5.41) is 0. The van der Waals surface area contributed by atoms with Gasteiger partial charge in [-0.15, -0.1) is 11.6 Å². The highest BCUT2D eigenvalue weighted by Crippen LogP contribution is 2.21. The van der Waals surface area contributed by atoms with Gasteiger partial charge in [-0.1, -0.05) is 44.2 Å². The van der Waals surface area contributed by atoms with Gasteiger partial charge < -0.3 is 0 Å². The molecule has 0 spiro atoms. The molecule has 96 valence electrons. The quantitative estimate of drug-likeness (QED) is 0.809. The highest BCUT2D eigenvalue weighted by molar-refractivity contribution is 7.89. The maximum atomic E-state index is 11.5. The minimum Gasteiger partial charge on any atom is -0.214 e. The van der Waals surface area contributed by atoms with Crippen molar-refractivity contribution in [3.63, 3.8) is 0 Å². The van der Waals surface area contributed by atoms with Crippen LogP contribution in [-0.2, 0) is 15.4 Å². The summed E-state index contributed by atoms with van der Waals surface area (Å²) in [7, 11) is -3.25. The maximum absolute atomic E-state index is 11.5. The molecule has 0 aromatic heterocycles. The summed E-state index contributed by atoms with van der Waals surface area (Å²) >= 11 is 5.43. The molecular formula is C12H18ClNO2S. The summed E-state index contributed by atoms with van der Waals surface area (Å²) < 4.78 is 25.6. The Hall–Kier alpha value is -0.580. The Bertz CT molecular complexity index is 443. The fourth-order valence-electron chi connectivity index (χ4n) is 1.46. The van der Waals surface area contributed by atoms with Crippen molar-refractivity contribution in [2.45, 2.75) is 19.3 Å². The van der Waals surface area contributed by atoms with E-state index in [9.17, 15) is 8.42 Å². The van der Waals surface area contributed by atoms with Crippen LogP contribution >= 0.6 is 11.6 Å². The van der Waals surface area contributed by atoms with Crippen molar-refractivity contribution in [3.05, 3.63) is 35.9 Å². The van der Waals surface area contributed by atoms with Crippen molar-refractivity contribution in [1.29, 1.82) is 0 Å². The van der Waals surface area contributed by atoms with Gasteiger partial charge in [0.05, 0.1) is 5.75 Å². The average molecular weight is 276 g/mol. The van der Waals surface area contributed by atoms with Crippen LogP contribution in [0.3, 0.4) is 0 Å². The molecule has 0 fully saturated rings. The Labute approximate surface area is 108 Å². The van der Waals surface area contributed by atoms with Crippen LogP contribution in [-0.4, -0.2) is 26.6 Å². The standard InChI is InChI=1S/C12H18ClNO2S/c1-12(2,11-6-4-3-5-7-11)10-14-17(15,16)9-8-13/h3-7,14H,8-10H2,1-2H3. The molecule has 3 nitrogen and oxygen atoms in total. The first kappa shape index (κ1) is 14.5. The van der Waals surface area contributed by atoms with E-state index in [1.54, 1.807) is 0 Å². The Balaban J connectivity index is 2.69. The molecule has 0 saturated carbocycles. The average Bonchev–Trinajstić information content (AvgIpc) is 2.28. The number of benzene rings is 1. The van der Waals surface area contributed by atoms with E-state index in [1.165, 1.54) is 0 Å². The topological polar surface area (TPSA) is 46.2 Å². The molecule has 0 aliphatic rings. The lowest BCUT2D eigenvalue weighted by Gasteiger charge is -2.25. The third kappa shape index (κ3) is 4.66. The highest BCUT2D eigenvalue weighted by atomic mass is 35.5. The summed E-state index contributed by atoms with van der Waals surface area (Å²) in [6, 6.07) is 9.83. The lowest BCUT2D eigenvalue weighted by Crippen LogP contribution is -2.38. The van der Waals surface area contributed by atoms with Crippen LogP contribution in [0.4, 0.5) is 0 Å². The molecule has 0 aliphatic heterocycles. The zero-order chi connectivity index (χ0) is 12.9. The lowest BCUT2D eigenvalue weighted by atomic mass is 9.85. The Morgan fingerprint density at radius 1 is 1.24 bits per heavy atom. The molecule has 1 N–H and O–H groups in total. The van der Waals surface area contributed by atoms with E-state index in [1.807, 2.05) is 44.2 Å². The zero-order valence-electron chi connectivity index (χ0n) is 10.1. The van der Waals surface area contributed by atoms with Crippen molar-refractivity contribution in [2.75, 3.05) is 18.2 Å². The van der Waals surface area contributed by atoms with Crippen LogP contribution in [0, 0.1) is 0 Å². The SMILES string of the molecule is CC(C)(CNS(=O)(=O)CCCl)c1ccccc1. The second kappa shape index (κ2) is 5.85. The van der Waals surface area contributed by atoms with Crippen molar-refractivity contribution < 1.29 is 8.42 Å². The normalized spacial score (nSPS) is 12.6. The molecule has 0 atom stereocenters. The second-order valence-electron chi connectivity index (χ2n) is 4.58. The summed E-state index contributed by atoms with van der Waals surface area (Å²) in [4.78, 5) is 0. The second-order valence-corrected chi connectivity index (χ2v) is 6.88. The first-order valence-electron chi connectivity index (χ1n) is 5.46. The third-order valence-corrected chi connectivity index (χ3v) is 4.37. The molecule has 0 bridgehead atoms. The number of hydrogen-bond donors (Lipinski definition) is 1. The predicted molar refractivity (Wildman–Crippen MR) is 72.0 cm³/mol. The van der Waals surface area contributed by atoms with Gasteiger partial charge in [0.25, 0.3) is 0 Å². The van der Waals surface area contributed by atoms with E-state index >= 15 is 0 Å². The maximum Gasteiger partial charge on any atom is 0.212 e. The van der Waals surface area contributed by atoms with Crippen molar-refractivity contribution in [1.82, 2.24) is 4.72 Å². The first-order chi connectivity index (χ1) is 7.87. The zero-order valence-corrected chi connectivity index (χ0v) is 11.7. The van der Waals surface area contributed by atoms with Gasteiger partial charge in [-0.3, -0.25) is 0 Å². The molecule has 1 rings (SSSR count). The van der Waals surface area contributed by atoms with Crippen LogP contribution in [0.2, 0.25) is 0 Å². The predicted octanol–water partition coefficient (Wildman–Crippen LogP) is 2.12. The van der Waals surface area contributed by atoms with Crippen LogP contribution in [0.1, 0.15) is 19.4 Å². The molecule has 0 radical (unpaired) electrons. The number of rotatable bonds is 6. The van der Waals surface area contributed by atoms with E-state index in [0.717, 1.165) is 5.56 Å². The Morgan fingerprint density at radius 2 is 1.82 bits per heavy atom. The summed E-state index contributed by atoms with van der Waals surface area (Å²) in [5.74, 6) is 0.0700. The van der Waals surface area contributed by atoms with Gasteiger partial charge in [0, 0.05) is 17.8 Å². The third-order valence-electron chi connectivity index (χ3n) is 2.64. The molecule has 1 aromatic rings. The smallest absolute Gasteiger partial charge is 0.212 e. The fraction of sp³-hybridized carbons (Fsp3) is 0.500. The molecule has 1 aromatic carbocycles. The number of hydrogen-bond acceptors (Lipinski definition) is 2. The summed E-state index contributed by atoms with van der Waals surface area (Å²) in [6.45, 7) is 4.38. The van der Waals surface area contributed by atoms with E-state index in [2.05, 4.69) is 4.72 Å². The molecule has 0 aliphatic carbocycles. The van der Waals surface area contributed by atoms with Gasteiger partial charge in [-0.05, 0) is 5.56 Å². The summed E-state index contributed by atoms with van der Waals surface area (Å²) in [6.07, 6.45) is 0. The minimum absolute atomic E-state index is 0.0422. The van der Waals surface area contributed by atoms with Gasteiger partial charge in [0.1, 0.15) is 0 Å². The number of halogens is 1. The van der Waals surface area contributed by atoms with E-state index in [0.29, 0.717) is 6.54 Å². The number of alkyl halides is 1. The van der Waals surface area contributed by atoms with Crippen LogP contribution in [0.5, 0.6) is 0 Å². The van der Waals surface area contributed by atoms with E-state index in [4.69, 9.17) is 11.6 Å². The van der Waals surface area contributed by atoms with E-state index < -0.39 is 10.0 Å². The monoisotopic (exact) mass is 275 g/mol. The van der Waals surface area contributed by atoms with Crippen LogP contribution < -0.4 is 4.72 Å². The van der Waals surface area contributed by atoms with Crippen LogP contribution in [0.15, 0.2) is 30.3 Å². The van der Waals surface area contributed by atoms with Gasteiger partial charge in [0.2, 0.25) is 10.0 Å². The molecule has 0 amide bonds. The Morgan fingerprint density at radius 3 is 2.35 bits per heavy atom. The molecule has 0 saturated heterocycles. The lowest BCUT2D eigenvalue weighted by molar-refractivity contribution is 0.502. The van der Waals surface area contributed by atoms with Crippen LogP contribution in [0.25, 0.3) is 0 Å². The van der Waals surface area contributed by atoms with Crippen molar-refractivity contribution in [3.8, 4) is 0 Å². The molecule has 17 heavy (non-hydrogen) atoms. The molecular weight excluding hydrogens is 258 g/mol. The fourth-order valence-corrected chi connectivity index (χ4v) is 2.99. The largest absolute Gasteiger partial charge is 0.214 e. The number of nitrogens with one attached hydrogen (secondary N) is 1. The first-order valence-corrected chi connectivity index (χ1v) is 7.65. The van der Waals surface area contributed by atoms with Crippen molar-refractivity contribution in [2.24, 2.45) is 0 Å². The summed E-state index contributed by atoms with van der Waals surface area (Å²) in [5.41, 5.74) is 0.870. The van der Waals surface area contributed by atoms with Crippen molar-refractivity contribution >= 4 is 21.6 Å². The Kier molecular flexibility index (Phi) is 4.98. The van der Waals surface area contributed by atoms with E-state index in [-0.39, 0.29) is 17.0 Å². The number of sulfonamides is 1. The van der Waals surface area contributed by atoms with Gasteiger partial charge in [-0.25, -0.2) is 13.1 Å².